The van der Waals surface area contributed by atoms with Crippen LogP contribution in [0.1, 0.15) is 36.7 Å². The van der Waals surface area contributed by atoms with E-state index in [4.69, 9.17) is 4.74 Å². The van der Waals surface area contributed by atoms with E-state index in [1.165, 1.54) is 12.6 Å². The van der Waals surface area contributed by atoms with E-state index in [-0.39, 0.29) is 5.91 Å². The first kappa shape index (κ1) is 16.2. The summed E-state index contributed by atoms with van der Waals surface area (Å²) in [7, 11) is 0. The number of rotatable bonds is 5. The molecule has 0 atom stereocenters. The summed E-state index contributed by atoms with van der Waals surface area (Å²) in [4.78, 5) is 22.8. The molecule has 1 N–H and O–H groups in total. The average Bonchev–Trinajstić information content (AvgIpc) is 2.64. The molecule has 6 nitrogen and oxygen atoms in total. The van der Waals surface area contributed by atoms with E-state index in [1.54, 1.807) is 6.20 Å². The topological polar surface area (TPSA) is 67.3 Å². The second-order valence-corrected chi connectivity index (χ2v) is 5.69. The smallest absolute Gasteiger partial charge is 0.274 e. The molecule has 0 radical (unpaired) electrons. The van der Waals surface area contributed by atoms with Crippen LogP contribution in [-0.4, -0.2) is 40.5 Å². The van der Waals surface area contributed by atoms with Crippen molar-refractivity contribution in [1.29, 1.82) is 0 Å². The van der Waals surface area contributed by atoms with Gasteiger partial charge in [-0.25, -0.2) is 9.97 Å². The Morgan fingerprint density at radius 3 is 2.67 bits per heavy atom. The molecular formula is C18H22N4O2. The van der Waals surface area contributed by atoms with Crippen LogP contribution in [0.15, 0.2) is 36.7 Å². The number of benzene rings is 1. The van der Waals surface area contributed by atoms with Gasteiger partial charge in [-0.15, -0.1) is 0 Å². The molecule has 126 valence electrons. The molecule has 0 aliphatic carbocycles. The second kappa shape index (κ2) is 7.77. The summed E-state index contributed by atoms with van der Waals surface area (Å²) in [5, 5.41) is 3.18. The van der Waals surface area contributed by atoms with Gasteiger partial charge in [0.1, 0.15) is 17.3 Å². The Bertz CT molecular complexity index is 682. The predicted molar refractivity (Wildman–Crippen MR) is 92.7 cm³/mol. The average molecular weight is 326 g/mol. The van der Waals surface area contributed by atoms with Crippen molar-refractivity contribution in [1.82, 2.24) is 14.9 Å². The highest BCUT2D eigenvalue weighted by atomic mass is 16.5. The second-order valence-electron chi connectivity index (χ2n) is 5.69. The number of likely N-dealkylation sites (tertiary alicyclic amines) is 1. The number of ether oxygens (including phenoxy) is 1. The van der Waals surface area contributed by atoms with Crippen LogP contribution in [0, 0.1) is 0 Å². The zero-order chi connectivity index (χ0) is 16.8. The Labute approximate surface area is 141 Å². The summed E-state index contributed by atoms with van der Waals surface area (Å²) in [6, 6.07) is 7.65. The summed E-state index contributed by atoms with van der Waals surface area (Å²) >= 11 is 0. The van der Waals surface area contributed by atoms with Gasteiger partial charge in [0.25, 0.3) is 5.91 Å². The number of carbonyl (C=O) groups is 1. The molecule has 1 aromatic carbocycles. The van der Waals surface area contributed by atoms with Gasteiger partial charge in [0, 0.05) is 13.1 Å². The van der Waals surface area contributed by atoms with Crippen LogP contribution in [0.4, 0.5) is 11.5 Å². The van der Waals surface area contributed by atoms with Gasteiger partial charge in [0.2, 0.25) is 0 Å². The molecule has 1 aromatic heterocycles. The quantitative estimate of drug-likeness (QED) is 0.913. The fourth-order valence-electron chi connectivity index (χ4n) is 2.75. The number of piperidine rings is 1. The summed E-state index contributed by atoms with van der Waals surface area (Å²) in [6.07, 6.45) is 6.43. The molecule has 1 amide bonds. The summed E-state index contributed by atoms with van der Waals surface area (Å²) in [5.41, 5.74) is 1.21. The normalized spacial score (nSPS) is 14.3. The monoisotopic (exact) mass is 326 g/mol. The number of amides is 1. The van der Waals surface area contributed by atoms with Gasteiger partial charge in [-0.1, -0.05) is 12.1 Å². The summed E-state index contributed by atoms with van der Waals surface area (Å²) in [6.45, 7) is 4.15. The van der Waals surface area contributed by atoms with E-state index in [2.05, 4.69) is 15.3 Å². The Morgan fingerprint density at radius 1 is 1.17 bits per heavy atom. The number of nitrogens with one attached hydrogen (secondary N) is 1. The van der Waals surface area contributed by atoms with E-state index >= 15 is 0 Å². The lowest BCUT2D eigenvalue weighted by atomic mass is 10.1. The van der Waals surface area contributed by atoms with E-state index in [0.717, 1.165) is 37.4 Å². The van der Waals surface area contributed by atoms with E-state index < -0.39 is 0 Å². The highest BCUT2D eigenvalue weighted by Crippen LogP contribution is 2.26. The maximum absolute atomic E-state index is 12.4. The predicted octanol–water partition coefficient (Wildman–Crippen LogP) is 3.25. The standard InChI is InChI=1S/C18H22N4O2/c1-2-24-16-9-5-4-8-14(16)21-17-13-19-15(12-20-17)18(23)22-10-6-3-7-11-22/h4-5,8-9,12-13H,2-3,6-7,10-11H2,1H3,(H,20,21). The number of nitrogens with zero attached hydrogens (tertiary/aromatic N) is 3. The fourth-order valence-corrected chi connectivity index (χ4v) is 2.75. The van der Waals surface area contributed by atoms with Crippen molar-refractivity contribution in [2.24, 2.45) is 0 Å². The Morgan fingerprint density at radius 2 is 1.96 bits per heavy atom. The zero-order valence-electron chi connectivity index (χ0n) is 13.9. The summed E-state index contributed by atoms with van der Waals surface area (Å²) < 4.78 is 5.58. The molecular weight excluding hydrogens is 304 g/mol. The van der Waals surface area contributed by atoms with Crippen molar-refractivity contribution in [2.75, 3.05) is 25.0 Å². The Hall–Kier alpha value is -2.63. The van der Waals surface area contributed by atoms with Crippen molar-refractivity contribution in [3.8, 4) is 5.75 Å². The first-order valence-corrected chi connectivity index (χ1v) is 8.38. The molecule has 2 aromatic rings. The minimum absolute atomic E-state index is 0.0385. The first-order chi connectivity index (χ1) is 11.8. The molecule has 0 spiro atoms. The number of hydrogen-bond acceptors (Lipinski definition) is 5. The molecule has 6 heteroatoms. The van der Waals surface area contributed by atoms with E-state index in [1.807, 2.05) is 36.1 Å². The van der Waals surface area contributed by atoms with Crippen molar-refractivity contribution in [2.45, 2.75) is 26.2 Å². The van der Waals surface area contributed by atoms with Gasteiger partial charge in [-0.3, -0.25) is 4.79 Å². The van der Waals surface area contributed by atoms with Crippen LogP contribution in [0.3, 0.4) is 0 Å². The molecule has 1 aliphatic heterocycles. The fraction of sp³-hybridized carbons (Fsp3) is 0.389. The van der Waals surface area contributed by atoms with Crippen molar-refractivity contribution < 1.29 is 9.53 Å². The highest BCUT2D eigenvalue weighted by Gasteiger charge is 2.19. The third kappa shape index (κ3) is 3.82. The number of para-hydroxylation sites is 2. The van der Waals surface area contributed by atoms with Crippen molar-refractivity contribution in [3.63, 3.8) is 0 Å². The van der Waals surface area contributed by atoms with Crippen LogP contribution < -0.4 is 10.1 Å². The lowest BCUT2D eigenvalue weighted by Gasteiger charge is -2.26. The number of carbonyl (C=O) groups excluding carboxylic acids is 1. The lowest BCUT2D eigenvalue weighted by molar-refractivity contribution is 0.0718. The van der Waals surface area contributed by atoms with E-state index in [9.17, 15) is 4.79 Å². The van der Waals surface area contributed by atoms with Gasteiger partial charge in [-0.05, 0) is 38.3 Å². The third-order valence-corrected chi connectivity index (χ3v) is 3.96. The van der Waals surface area contributed by atoms with Gasteiger partial charge >= 0.3 is 0 Å². The molecule has 1 aliphatic rings. The van der Waals surface area contributed by atoms with Crippen LogP contribution in [-0.2, 0) is 0 Å². The Balaban J connectivity index is 1.69. The first-order valence-electron chi connectivity index (χ1n) is 8.38. The van der Waals surface area contributed by atoms with Gasteiger partial charge in [0.15, 0.2) is 0 Å². The highest BCUT2D eigenvalue weighted by molar-refractivity contribution is 5.92. The Kier molecular flexibility index (Phi) is 5.25. The molecule has 1 fully saturated rings. The number of aromatic nitrogens is 2. The van der Waals surface area contributed by atoms with Crippen molar-refractivity contribution >= 4 is 17.4 Å². The lowest BCUT2D eigenvalue weighted by Crippen LogP contribution is -2.36. The molecule has 2 heterocycles. The minimum atomic E-state index is -0.0385. The molecule has 3 rings (SSSR count). The van der Waals surface area contributed by atoms with Crippen LogP contribution in [0.25, 0.3) is 0 Å². The summed E-state index contributed by atoms with van der Waals surface area (Å²) in [5.74, 6) is 1.30. The minimum Gasteiger partial charge on any atom is -0.492 e. The molecule has 1 saturated heterocycles. The zero-order valence-corrected chi connectivity index (χ0v) is 13.9. The van der Waals surface area contributed by atoms with Crippen LogP contribution in [0.2, 0.25) is 0 Å². The van der Waals surface area contributed by atoms with Gasteiger partial charge < -0.3 is 15.0 Å². The largest absolute Gasteiger partial charge is 0.492 e. The van der Waals surface area contributed by atoms with Crippen LogP contribution in [0.5, 0.6) is 5.75 Å². The number of hydrogen-bond donors (Lipinski definition) is 1. The maximum Gasteiger partial charge on any atom is 0.274 e. The van der Waals surface area contributed by atoms with E-state index in [0.29, 0.717) is 18.1 Å². The SMILES string of the molecule is CCOc1ccccc1Nc1cnc(C(=O)N2CCCCC2)cn1. The van der Waals surface area contributed by atoms with Gasteiger partial charge in [-0.2, -0.15) is 0 Å². The molecule has 0 bridgehead atoms. The van der Waals surface area contributed by atoms with Crippen molar-refractivity contribution in [3.05, 3.63) is 42.4 Å². The molecule has 24 heavy (non-hydrogen) atoms. The molecule has 0 unspecified atom stereocenters. The van der Waals surface area contributed by atoms with Gasteiger partial charge in [0.05, 0.1) is 24.7 Å². The number of anilines is 2. The maximum atomic E-state index is 12.4. The van der Waals surface area contributed by atoms with Crippen LogP contribution >= 0.6 is 0 Å². The third-order valence-electron chi connectivity index (χ3n) is 3.96. The molecule has 0 saturated carbocycles.